The van der Waals surface area contributed by atoms with E-state index in [0.29, 0.717) is 6.54 Å². The fourth-order valence-electron chi connectivity index (χ4n) is 3.23. The van der Waals surface area contributed by atoms with Gasteiger partial charge in [-0.2, -0.15) is 0 Å². The second-order valence-corrected chi connectivity index (χ2v) is 7.19. The van der Waals surface area contributed by atoms with Crippen LogP contribution in [0.2, 0.25) is 0 Å². The highest BCUT2D eigenvalue weighted by Crippen LogP contribution is 2.22. The van der Waals surface area contributed by atoms with Crippen molar-refractivity contribution < 1.29 is 9.59 Å². The highest BCUT2D eigenvalue weighted by molar-refractivity contribution is 6.04. The Hall–Kier alpha value is -1.32. The van der Waals surface area contributed by atoms with Crippen LogP contribution in [0.3, 0.4) is 0 Å². The lowest BCUT2D eigenvalue weighted by Crippen LogP contribution is -2.50. The Kier molecular flexibility index (Phi) is 6.04. The predicted molar refractivity (Wildman–Crippen MR) is 88.4 cm³/mol. The summed E-state index contributed by atoms with van der Waals surface area (Å²) < 4.78 is 0. The summed E-state index contributed by atoms with van der Waals surface area (Å²) in [6.45, 7) is 4.06. The summed E-state index contributed by atoms with van der Waals surface area (Å²) in [5.74, 6) is -0.312. The van der Waals surface area contributed by atoms with Gasteiger partial charge in [0, 0.05) is 12.6 Å². The summed E-state index contributed by atoms with van der Waals surface area (Å²) in [6.07, 6.45) is 12.5. The van der Waals surface area contributed by atoms with Crippen molar-refractivity contribution in [1.82, 2.24) is 10.6 Å². The Morgan fingerprint density at radius 3 is 2.50 bits per heavy atom. The fraction of sp³-hybridized carbons (Fsp3) is 0.778. The molecule has 0 saturated heterocycles. The molecule has 2 N–H and O–H groups in total. The molecule has 22 heavy (non-hydrogen) atoms. The number of rotatable bonds is 6. The van der Waals surface area contributed by atoms with Gasteiger partial charge in [0.15, 0.2) is 0 Å². The molecule has 0 heterocycles. The molecule has 0 radical (unpaired) electrons. The zero-order valence-corrected chi connectivity index (χ0v) is 14.0. The molecule has 0 unspecified atom stereocenters. The zero-order chi connectivity index (χ0) is 16.0. The monoisotopic (exact) mass is 306 g/mol. The molecular weight excluding hydrogens is 276 g/mol. The Balaban J connectivity index is 1.76. The maximum absolute atomic E-state index is 12.3. The van der Waals surface area contributed by atoms with Crippen LogP contribution in [-0.2, 0) is 9.59 Å². The van der Waals surface area contributed by atoms with Crippen LogP contribution in [0.1, 0.15) is 71.6 Å². The number of carbonyl (C=O) groups excluding carboxylic acids is 2. The lowest BCUT2D eigenvalue weighted by atomic mass is 9.90. The SMILES string of the molecule is CC(C)(C(=O)NCCC1=CCCCC1)C(=O)NC1CCCC1. The van der Waals surface area contributed by atoms with Gasteiger partial charge in [0.2, 0.25) is 11.8 Å². The second-order valence-electron chi connectivity index (χ2n) is 7.19. The molecule has 0 aromatic heterocycles. The number of nitrogens with one attached hydrogen (secondary N) is 2. The van der Waals surface area contributed by atoms with Crippen molar-refractivity contribution in [3.8, 4) is 0 Å². The predicted octanol–water partition coefficient (Wildman–Crippen LogP) is 3.08. The minimum absolute atomic E-state index is 0.145. The average molecular weight is 306 g/mol. The first-order valence-corrected chi connectivity index (χ1v) is 8.77. The molecule has 0 spiro atoms. The number of carbonyl (C=O) groups is 2. The quantitative estimate of drug-likeness (QED) is 0.585. The third-order valence-corrected chi connectivity index (χ3v) is 4.94. The molecule has 2 rings (SSSR count). The number of allylic oxidation sites excluding steroid dienone is 1. The number of hydrogen-bond acceptors (Lipinski definition) is 2. The topological polar surface area (TPSA) is 58.2 Å². The zero-order valence-electron chi connectivity index (χ0n) is 14.0. The van der Waals surface area contributed by atoms with Crippen molar-refractivity contribution in [3.63, 3.8) is 0 Å². The van der Waals surface area contributed by atoms with E-state index in [2.05, 4.69) is 16.7 Å². The minimum Gasteiger partial charge on any atom is -0.355 e. The van der Waals surface area contributed by atoms with Crippen LogP contribution < -0.4 is 10.6 Å². The van der Waals surface area contributed by atoms with Crippen molar-refractivity contribution >= 4 is 11.8 Å². The van der Waals surface area contributed by atoms with E-state index in [9.17, 15) is 9.59 Å². The fourth-order valence-corrected chi connectivity index (χ4v) is 3.23. The Labute approximate surface area is 134 Å². The third kappa shape index (κ3) is 4.59. The number of hydrogen-bond donors (Lipinski definition) is 2. The van der Waals surface area contributed by atoms with Crippen molar-refractivity contribution in [2.24, 2.45) is 5.41 Å². The standard InChI is InChI=1S/C18H30N2O2/c1-18(2,17(22)20-15-10-6-7-11-15)16(21)19-13-12-14-8-4-3-5-9-14/h8,15H,3-7,9-13H2,1-2H3,(H,19,21)(H,20,22). The van der Waals surface area contributed by atoms with Crippen LogP contribution in [0.25, 0.3) is 0 Å². The third-order valence-electron chi connectivity index (χ3n) is 4.94. The average Bonchev–Trinajstić information content (AvgIpc) is 3.01. The molecule has 124 valence electrons. The van der Waals surface area contributed by atoms with Crippen LogP contribution in [0.5, 0.6) is 0 Å². The molecule has 0 aromatic carbocycles. The van der Waals surface area contributed by atoms with Crippen molar-refractivity contribution in [1.29, 1.82) is 0 Å². The van der Waals surface area contributed by atoms with Crippen LogP contribution in [-0.4, -0.2) is 24.4 Å². The van der Waals surface area contributed by atoms with Gasteiger partial charge in [-0.25, -0.2) is 0 Å². The molecule has 0 atom stereocenters. The smallest absolute Gasteiger partial charge is 0.235 e. The van der Waals surface area contributed by atoms with E-state index in [1.165, 1.54) is 37.7 Å². The second kappa shape index (κ2) is 7.80. The van der Waals surface area contributed by atoms with E-state index in [0.717, 1.165) is 25.7 Å². The maximum Gasteiger partial charge on any atom is 0.235 e. The van der Waals surface area contributed by atoms with Gasteiger partial charge in [-0.15, -0.1) is 0 Å². The van der Waals surface area contributed by atoms with Gasteiger partial charge >= 0.3 is 0 Å². The molecule has 0 aromatic rings. The minimum atomic E-state index is -0.996. The van der Waals surface area contributed by atoms with Gasteiger partial charge in [-0.3, -0.25) is 9.59 Å². The highest BCUT2D eigenvalue weighted by Gasteiger charge is 2.37. The maximum atomic E-state index is 12.3. The molecule has 1 saturated carbocycles. The van der Waals surface area contributed by atoms with Gasteiger partial charge < -0.3 is 10.6 Å². The first-order chi connectivity index (χ1) is 10.5. The summed E-state index contributed by atoms with van der Waals surface area (Å²) in [5.41, 5.74) is 0.448. The van der Waals surface area contributed by atoms with Crippen molar-refractivity contribution in [2.75, 3.05) is 6.54 Å². The number of amides is 2. The Bertz CT molecular complexity index is 434. The molecule has 4 heteroatoms. The Morgan fingerprint density at radius 2 is 1.86 bits per heavy atom. The van der Waals surface area contributed by atoms with E-state index >= 15 is 0 Å². The van der Waals surface area contributed by atoms with E-state index < -0.39 is 5.41 Å². The van der Waals surface area contributed by atoms with E-state index in [-0.39, 0.29) is 17.9 Å². The summed E-state index contributed by atoms with van der Waals surface area (Å²) in [6, 6.07) is 0.256. The van der Waals surface area contributed by atoms with Gasteiger partial charge in [-0.1, -0.05) is 24.5 Å². The molecule has 2 aliphatic rings. The summed E-state index contributed by atoms with van der Waals surface area (Å²) in [4.78, 5) is 24.7. The molecule has 2 aliphatic carbocycles. The van der Waals surface area contributed by atoms with Crippen molar-refractivity contribution in [2.45, 2.75) is 77.7 Å². The van der Waals surface area contributed by atoms with Gasteiger partial charge in [0.1, 0.15) is 5.41 Å². The van der Waals surface area contributed by atoms with E-state index in [4.69, 9.17) is 0 Å². The first-order valence-electron chi connectivity index (χ1n) is 8.77. The first kappa shape index (κ1) is 17.0. The molecule has 1 fully saturated rings. The van der Waals surface area contributed by atoms with Gasteiger partial charge in [-0.05, 0) is 58.8 Å². The summed E-state index contributed by atoms with van der Waals surface area (Å²) in [7, 11) is 0. The Morgan fingerprint density at radius 1 is 1.14 bits per heavy atom. The van der Waals surface area contributed by atoms with E-state index in [1.807, 2.05) is 0 Å². The molecule has 4 nitrogen and oxygen atoms in total. The van der Waals surface area contributed by atoms with Crippen molar-refractivity contribution in [3.05, 3.63) is 11.6 Å². The van der Waals surface area contributed by atoms with Gasteiger partial charge in [0.25, 0.3) is 0 Å². The van der Waals surface area contributed by atoms with E-state index in [1.54, 1.807) is 13.8 Å². The summed E-state index contributed by atoms with van der Waals surface area (Å²) >= 11 is 0. The van der Waals surface area contributed by atoms with Crippen LogP contribution >= 0.6 is 0 Å². The highest BCUT2D eigenvalue weighted by atomic mass is 16.2. The lowest BCUT2D eigenvalue weighted by Gasteiger charge is -2.25. The molecular formula is C18H30N2O2. The molecule has 2 amide bonds. The summed E-state index contributed by atoms with van der Waals surface area (Å²) in [5, 5.41) is 5.96. The molecule has 0 aliphatic heterocycles. The largest absolute Gasteiger partial charge is 0.355 e. The van der Waals surface area contributed by atoms with Gasteiger partial charge in [0.05, 0.1) is 0 Å². The molecule has 0 bridgehead atoms. The van der Waals surface area contributed by atoms with Crippen LogP contribution in [0, 0.1) is 5.41 Å². The normalized spacial score (nSPS) is 19.6. The lowest BCUT2D eigenvalue weighted by molar-refractivity contribution is -0.141. The van der Waals surface area contributed by atoms with Crippen LogP contribution in [0.4, 0.5) is 0 Å². The van der Waals surface area contributed by atoms with Crippen LogP contribution in [0.15, 0.2) is 11.6 Å².